The summed E-state index contributed by atoms with van der Waals surface area (Å²) in [5, 5.41) is 12.2. The molecule has 1 amide bonds. The highest BCUT2D eigenvalue weighted by Gasteiger charge is 2.12. The normalized spacial score (nSPS) is 11.0. The number of aromatic nitrogens is 1. The molecule has 0 bridgehead atoms. The zero-order valence-electron chi connectivity index (χ0n) is 15.2. The first kappa shape index (κ1) is 19.5. The SMILES string of the molecule is CCOc1cccc(NC(=O)C(C#N)=Cc2cccn2-c2ccc(Br)cc2)c1. The highest BCUT2D eigenvalue weighted by atomic mass is 79.9. The maximum absolute atomic E-state index is 12.6. The van der Waals surface area contributed by atoms with Crippen LogP contribution in [0, 0.1) is 11.3 Å². The molecule has 6 heteroatoms. The van der Waals surface area contributed by atoms with Gasteiger partial charge in [-0.15, -0.1) is 0 Å². The summed E-state index contributed by atoms with van der Waals surface area (Å²) in [7, 11) is 0. The molecular formula is C22H18BrN3O2. The molecule has 0 fully saturated rings. The van der Waals surface area contributed by atoms with Gasteiger partial charge in [-0.3, -0.25) is 4.79 Å². The van der Waals surface area contributed by atoms with Crippen LogP contribution in [0.15, 0.2) is 76.9 Å². The van der Waals surface area contributed by atoms with E-state index in [1.807, 2.05) is 66.2 Å². The van der Waals surface area contributed by atoms with E-state index in [0.29, 0.717) is 18.0 Å². The van der Waals surface area contributed by atoms with E-state index in [4.69, 9.17) is 4.74 Å². The Morgan fingerprint density at radius 1 is 1.21 bits per heavy atom. The molecule has 28 heavy (non-hydrogen) atoms. The third-order valence-electron chi connectivity index (χ3n) is 3.95. The van der Waals surface area contributed by atoms with E-state index in [-0.39, 0.29) is 5.57 Å². The number of nitrogens with one attached hydrogen (secondary N) is 1. The van der Waals surface area contributed by atoms with Crippen LogP contribution in [0.5, 0.6) is 5.75 Å². The topological polar surface area (TPSA) is 67.0 Å². The Bertz CT molecular complexity index is 1050. The highest BCUT2D eigenvalue weighted by molar-refractivity contribution is 9.10. The molecule has 0 saturated heterocycles. The summed E-state index contributed by atoms with van der Waals surface area (Å²) >= 11 is 3.42. The second kappa shape index (κ2) is 9.07. The van der Waals surface area contributed by atoms with Gasteiger partial charge in [-0.25, -0.2) is 0 Å². The largest absolute Gasteiger partial charge is 0.494 e. The van der Waals surface area contributed by atoms with Crippen LogP contribution in [0.4, 0.5) is 5.69 Å². The highest BCUT2D eigenvalue weighted by Crippen LogP contribution is 2.20. The fourth-order valence-electron chi connectivity index (χ4n) is 2.67. The molecule has 1 aromatic heterocycles. The molecule has 0 aliphatic rings. The van der Waals surface area contributed by atoms with Gasteiger partial charge < -0.3 is 14.6 Å². The molecule has 140 valence electrons. The summed E-state index contributed by atoms with van der Waals surface area (Å²) in [4.78, 5) is 12.6. The van der Waals surface area contributed by atoms with Gasteiger partial charge in [0.1, 0.15) is 17.4 Å². The smallest absolute Gasteiger partial charge is 0.266 e. The number of carbonyl (C=O) groups is 1. The van der Waals surface area contributed by atoms with Gasteiger partial charge in [0, 0.05) is 33.8 Å². The monoisotopic (exact) mass is 435 g/mol. The van der Waals surface area contributed by atoms with Crippen molar-refractivity contribution in [3.05, 3.63) is 82.6 Å². The molecule has 0 atom stereocenters. The van der Waals surface area contributed by atoms with Crippen molar-refractivity contribution in [2.75, 3.05) is 11.9 Å². The van der Waals surface area contributed by atoms with Crippen LogP contribution in [-0.4, -0.2) is 17.1 Å². The summed E-state index contributed by atoms with van der Waals surface area (Å²) < 4.78 is 8.32. The molecule has 0 aliphatic carbocycles. The molecule has 1 N–H and O–H groups in total. The molecule has 5 nitrogen and oxygen atoms in total. The Hall–Kier alpha value is -3.30. The minimum Gasteiger partial charge on any atom is -0.494 e. The maximum atomic E-state index is 12.6. The molecule has 2 aromatic carbocycles. The number of amides is 1. The zero-order chi connectivity index (χ0) is 19.9. The molecule has 3 aromatic rings. The van der Waals surface area contributed by atoms with Crippen LogP contribution in [0.25, 0.3) is 11.8 Å². The summed E-state index contributed by atoms with van der Waals surface area (Å²) in [6.07, 6.45) is 3.46. The van der Waals surface area contributed by atoms with Crippen molar-refractivity contribution in [3.63, 3.8) is 0 Å². The Morgan fingerprint density at radius 2 is 2.00 bits per heavy atom. The number of rotatable bonds is 6. The lowest BCUT2D eigenvalue weighted by Gasteiger charge is -2.09. The Kier molecular flexibility index (Phi) is 6.30. The molecule has 0 spiro atoms. The summed E-state index contributed by atoms with van der Waals surface area (Å²) in [6, 6.07) is 20.5. The molecule has 1 heterocycles. The lowest BCUT2D eigenvalue weighted by molar-refractivity contribution is -0.112. The van der Waals surface area contributed by atoms with E-state index in [2.05, 4.69) is 21.2 Å². The average Bonchev–Trinajstić information content (AvgIpc) is 3.15. The number of nitriles is 1. The number of anilines is 1. The van der Waals surface area contributed by atoms with E-state index >= 15 is 0 Å². The molecule has 3 rings (SSSR count). The van der Waals surface area contributed by atoms with Gasteiger partial charge >= 0.3 is 0 Å². The predicted molar refractivity (Wildman–Crippen MR) is 113 cm³/mol. The number of hydrogen-bond acceptors (Lipinski definition) is 3. The standard InChI is InChI=1S/C22H18BrN3O2/c1-2-28-21-7-3-5-18(14-21)25-22(27)16(15-24)13-20-6-4-12-26(20)19-10-8-17(23)9-11-19/h3-14H,2H2,1H3,(H,25,27). The van der Waals surface area contributed by atoms with Gasteiger partial charge in [0.05, 0.1) is 6.61 Å². The molecule has 0 saturated carbocycles. The minimum absolute atomic E-state index is 0.0128. The first-order valence-corrected chi connectivity index (χ1v) is 9.49. The average molecular weight is 436 g/mol. The first-order chi connectivity index (χ1) is 13.6. The van der Waals surface area contributed by atoms with Crippen molar-refractivity contribution >= 4 is 33.6 Å². The van der Waals surface area contributed by atoms with Crippen LogP contribution >= 0.6 is 15.9 Å². The van der Waals surface area contributed by atoms with Crippen LogP contribution in [-0.2, 0) is 4.79 Å². The van der Waals surface area contributed by atoms with Gasteiger partial charge in [0.25, 0.3) is 5.91 Å². The minimum atomic E-state index is -0.472. The van der Waals surface area contributed by atoms with Gasteiger partial charge in [0.15, 0.2) is 0 Å². The third kappa shape index (κ3) is 4.70. The molecular weight excluding hydrogens is 418 g/mol. The van der Waals surface area contributed by atoms with Gasteiger partial charge in [-0.2, -0.15) is 5.26 Å². The Labute approximate surface area is 172 Å². The lowest BCUT2D eigenvalue weighted by Crippen LogP contribution is -2.13. The number of halogens is 1. The molecule has 0 aliphatic heterocycles. The Balaban J connectivity index is 1.84. The van der Waals surface area contributed by atoms with Crippen molar-refractivity contribution in [3.8, 4) is 17.5 Å². The third-order valence-corrected chi connectivity index (χ3v) is 4.47. The van der Waals surface area contributed by atoms with Crippen LogP contribution in [0.1, 0.15) is 12.6 Å². The number of benzene rings is 2. The molecule has 0 unspecified atom stereocenters. The van der Waals surface area contributed by atoms with Crippen molar-refractivity contribution in [1.82, 2.24) is 4.57 Å². The van der Waals surface area contributed by atoms with Gasteiger partial charge in [-0.05, 0) is 61.5 Å². The molecule has 0 radical (unpaired) electrons. The fourth-order valence-corrected chi connectivity index (χ4v) is 2.94. The van der Waals surface area contributed by atoms with E-state index < -0.39 is 5.91 Å². The van der Waals surface area contributed by atoms with Crippen LogP contribution < -0.4 is 10.1 Å². The van der Waals surface area contributed by atoms with Crippen molar-refractivity contribution < 1.29 is 9.53 Å². The zero-order valence-corrected chi connectivity index (χ0v) is 16.8. The second-order valence-electron chi connectivity index (χ2n) is 5.86. The second-order valence-corrected chi connectivity index (χ2v) is 6.78. The van der Waals surface area contributed by atoms with Crippen molar-refractivity contribution in [1.29, 1.82) is 5.26 Å². The number of hydrogen-bond donors (Lipinski definition) is 1. The lowest BCUT2D eigenvalue weighted by atomic mass is 10.2. The van der Waals surface area contributed by atoms with E-state index in [1.54, 1.807) is 24.3 Å². The number of carbonyl (C=O) groups excluding carboxylic acids is 1. The first-order valence-electron chi connectivity index (χ1n) is 8.70. The van der Waals surface area contributed by atoms with Crippen LogP contribution in [0.2, 0.25) is 0 Å². The van der Waals surface area contributed by atoms with Crippen molar-refractivity contribution in [2.24, 2.45) is 0 Å². The summed E-state index contributed by atoms with van der Waals surface area (Å²) in [6.45, 7) is 2.43. The maximum Gasteiger partial charge on any atom is 0.266 e. The Morgan fingerprint density at radius 3 is 2.71 bits per heavy atom. The van der Waals surface area contributed by atoms with Gasteiger partial charge in [-0.1, -0.05) is 22.0 Å². The van der Waals surface area contributed by atoms with E-state index in [0.717, 1.165) is 15.9 Å². The fraction of sp³-hybridized carbons (Fsp3) is 0.0909. The number of ether oxygens (including phenoxy) is 1. The predicted octanol–water partition coefficient (Wildman–Crippen LogP) is 5.18. The van der Waals surface area contributed by atoms with E-state index in [1.165, 1.54) is 0 Å². The van der Waals surface area contributed by atoms with Gasteiger partial charge in [0.2, 0.25) is 0 Å². The summed E-state index contributed by atoms with van der Waals surface area (Å²) in [5.74, 6) is 0.187. The van der Waals surface area contributed by atoms with Crippen LogP contribution in [0.3, 0.4) is 0 Å². The quantitative estimate of drug-likeness (QED) is 0.428. The summed E-state index contributed by atoms with van der Waals surface area (Å²) in [5.41, 5.74) is 2.25. The number of nitrogens with zero attached hydrogens (tertiary/aromatic N) is 2. The van der Waals surface area contributed by atoms with Crippen molar-refractivity contribution in [2.45, 2.75) is 6.92 Å². The van der Waals surface area contributed by atoms with E-state index in [9.17, 15) is 10.1 Å².